The van der Waals surface area contributed by atoms with E-state index in [0.29, 0.717) is 0 Å². The molecule has 0 aliphatic carbocycles. The highest BCUT2D eigenvalue weighted by Gasteiger charge is 1.98. The predicted octanol–water partition coefficient (Wildman–Crippen LogP) is 4.57. The van der Waals surface area contributed by atoms with Crippen LogP contribution in [0.4, 0.5) is 5.69 Å². The van der Waals surface area contributed by atoms with Crippen LogP contribution in [0, 0.1) is 0 Å². The summed E-state index contributed by atoms with van der Waals surface area (Å²) >= 11 is 5.84. The summed E-state index contributed by atoms with van der Waals surface area (Å²) in [5.41, 5.74) is 3.07. The molecular formula is C15H11ClN2. The second-order valence-corrected chi connectivity index (χ2v) is 4.46. The zero-order chi connectivity index (χ0) is 12.4. The molecule has 0 aliphatic heterocycles. The van der Waals surface area contributed by atoms with E-state index in [2.05, 4.69) is 22.1 Å². The van der Waals surface area contributed by atoms with Gasteiger partial charge in [-0.05, 0) is 30.3 Å². The Labute approximate surface area is 110 Å². The molecule has 1 heterocycles. The first-order valence-electron chi connectivity index (χ1n) is 5.69. The van der Waals surface area contributed by atoms with Crippen molar-refractivity contribution in [1.29, 1.82) is 0 Å². The lowest BCUT2D eigenvalue weighted by Crippen LogP contribution is -1.82. The fraction of sp³-hybridized carbons (Fsp3) is 0. The van der Waals surface area contributed by atoms with E-state index in [0.717, 1.165) is 21.8 Å². The van der Waals surface area contributed by atoms with E-state index in [1.54, 1.807) is 0 Å². The molecular weight excluding hydrogens is 244 g/mol. The van der Waals surface area contributed by atoms with Gasteiger partial charge in [0, 0.05) is 28.4 Å². The van der Waals surface area contributed by atoms with Gasteiger partial charge in [-0.2, -0.15) is 0 Å². The second kappa shape index (κ2) is 4.67. The van der Waals surface area contributed by atoms with Crippen LogP contribution in [0.1, 0.15) is 5.56 Å². The highest BCUT2D eigenvalue weighted by Crippen LogP contribution is 2.18. The van der Waals surface area contributed by atoms with Gasteiger partial charge in [0.1, 0.15) is 0 Å². The number of aliphatic imine (C=N–C) groups is 1. The summed E-state index contributed by atoms with van der Waals surface area (Å²) in [4.78, 5) is 7.66. The number of aromatic nitrogens is 1. The molecule has 3 aromatic rings. The Morgan fingerprint density at radius 3 is 2.67 bits per heavy atom. The van der Waals surface area contributed by atoms with Crippen LogP contribution in [0.2, 0.25) is 5.02 Å². The summed E-state index contributed by atoms with van der Waals surface area (Å²) in [5.74, 6) is 0. The molecule has 0 fully saturated rings. The van der Waals surface area contributed by atoms with Gasteiger partial charge in [-0.1, -0.05) is 29.8 Å². The van der Waals surface area contributed by atoms with Crippen LogP contribution in [-0.2, 0) is 0 Å². The summed E-state index contributed by atoms with van der Waals surface area (Å²) in [6.45, 7) is 0. The Morgan fingerprint density at radius 2 is 1.83 bits per heavy atom. The Morgan fingerprint density at radius 1 is 1.00 bits per heavy atom. The topological polar surface area (TPSA) is 28.1 Å². The number of rotatable bonds is 2. The maximum Gasteiger partial charge on any atom is 0.0630 e. The van der Waals surface area contributed by atoms with Crippen LogP contribution in [0.5, 0.6) is 0 Å². The Kier molecular flexibility index (Phi) is 2.87. The van der Waals surface area contributed by atoms with E-state index in [1.165, 1.54) is 5.39 Å². The fourth-order valence-corrected chi connectivity index (χ4v) is 2.01. The number of nitrogens with zero attached hydrogens (tertiary/aromatic N) is 1. The van der Waals surface area contributed by atoms with Crippen molar-refractivity contribution in [3.8, 4) is 0 Å². The summed E-state index contributed by atoms with van der Waals surface area (Å²) in [6, 6.07) is 15.7. The lowest BCUT2D eigenvalue weighted by atomic mass is 10.1. The van der Waals surface area contributed by atoms with Crippen LogP contribution in [0.15, 0.2) is 59.7 Å². The maximum absolute atomic E-state index is 5.84. The van der Waals surface area contributed by atoms with E-state index >= 15 is 0 Å². The first-order chi connectivity index (χ1) is 8.83. The largest absolute Gasteiger partial charge is 0.361 e. The maximum atomic E-state index is 5.84. The van der Waals surface area contributed by atoms with Crippen molar-refractivity contribution < 1.29 is 0 Å². The molecule has 88 valence electrons. The molecule has 1 N–H and O–H groups in total. The van der Waals surface area contributed by atoms with E-state index < -0.39 is 0 Å². The van der Waals surface area contributed by atoms with Crippen LogP contribution in [0.3, 0.4) is 0 Å². The van der Waals surface area contributed by atoms with E-state index in [4.69, 9.17) is 11.6 Å². The first-order valence-corrected chi connectivity index (χ1v) is 6.06. The number of fused-ring (bicyclic) bond motifs is 1. The van der Waals surface area contributed by atoms with Crippen LogP contribution < -0.4 is 0 Å². The minimum atomic E-state index is 0.723. The van der Waals surface area contributed by atoms with Crippen molar-refractivity contribution >= 4 is 34.4 Å². The van der Waals surface area contributed by atoms with Crippen molar-refractivity contribution in [3.63, 3.8) is 0 Å². The SMILES string of the molecule is Clc1ccc(N=Cc2cccc3cc[nH]c23)cc1. The van der Waals surface area contributed by atoms with Gasteiger partial charge < -0.3 is 4.98 Å². The van der Waals surface area contributed by atoms with Gasteiger partial charge in [-0.15, -0.1) is 0 Å². The van der Waals surface area contributed by atoms with Gasteiger partial charge >= 0.3 is 0 Å². The van der Waals surface area contributed by atoms with E-state index in [1.807, 2.05) is 48.8 Å². The van der Waals surface area contributed by atoms with Gasteiger partial charge in [0.15, 0.2) is 0 Å². The van der Waals surface area contributed by atoms with E-state index in [9.17, 15) is 0 Å². The molecule has 0 bridgehead atoms. The second-order valence-electron chi connectivity index (χ2n) is 4.02. The molecule has 18 heavy (non-hydrogen) atoms. The Bertz CT molecular complexity index is 696. The van der Waals surface area contributed by atoms with E-state index in [-0.39, 0.29) is 0 Å². The number of para-hydroxylation sites is 1. The molecule has 0 saturated carbocycles. The van der Waals surface area contributed by atoms with Gasteiger partial charge in [0.05, 0.1) is 11.2 Å². The number of hydrogen-bond donors (Lipinski definition) is 1. The molecule has 3 heteroatoms. The lowest BCUT2D eigenvalue weighted by Gasteiger charge is -1.97. The zero-order valence-electron chi connectivity index (χ0n) is 9.60. The fourth-order valence-electron chi connectivity index (χ4n) is 1.89. The quantitative estimate of drug-likeness (QED) is 0.649. The van der Waals surface area contributed by atoms with Gasteiger partial charge in [0.2, 0.25) is 0 Å². The number of H-pyrrole nitrogens is 1. The summed E-state index contributed by atoms with van der Waals surface area (Å²) in [7, 11) is 0. The molecule has 0 saturated heterocycles. The molecule has 0 aliphatic rings. The van der Waals surface area contributed by atoms with Crippen molar-refractivity contribution in [2.24, 2.45) is 4.99 Å². The first kappa shape index (κ1) is 11.1. The minimum absolute atomic E-state index is 0.723. The van der Waals surface area contributed by atoms with Crippen molar-refractivity contribution in [2.75, 3.05) is 0 Å². The molecule has 0 unspecified atom stereocenters. The third kappa shape index (κ3) is 2.15. The van der Waals surface area contributed by atoms with Crippen LogP contribution >= 0.6 is 11.6 Å². The molecule has 0 radical (unpaired) electrons. The number of hydrogen-bond acceptors (Lipinski definition) is 1. The number of nitrogens with one attached hydrogen (secondary N) is 1. The van der Waals surface area contributed by atoms with Crippen molar-refractivity contribution in [1.82, 2.24) is 4.98 Å². The van der Waals surface area contributed by atoms with Gasteiger partial charge in [-0.3, -0.25) is 4.99 Å². The van der Waals surface area contributed by atoms with Crippen LogP contribution in [-0.4, -0.2) is 11.2 Å². The average Bonchev–Trinajstić information content (AvgIpc) is 2.87. The summed E-state index contributed by atoms with van der Waals surface area (Å²) in [5, 5.41) is 1.91. The molecule has 2 nitrogen and oxygen atoms in total. The number of aromatic amines is 1. The molecule has 0 amide bonds. The van der Waals surface area contributed by atoms with Crippen molar-refractivity contribution in [3.05, 3.63) is 65.3 Å². The van der Waals surface area contributed by atoms with Gasteiger partial charge in [0.25, 0.3) is 0 Å². The monoisotopic (exact) mass is 254 g/mol. The normalized spacial score (nSPS) is 11.4. The number of halogens is 1. The highest BCUT2D eigenvalue weighted by atomic mass is 35.5. The molecule has 2 aromatic carbocycles. The van der Waals surface area contributed by atoms with Gasteiger partial charge in [-0.25, -0.2) is 0 Å². The Balaban J connectivity index is 1.96. The van der Waals surface area contributed by atoms with Crippen molar-refractivity contribution in [2.45, 2.75) is 0 Å². The third-order valence-corrected chi connectivity index (χ3v) is 3.05. The molecule has 0 spiro atoms. The molecule has 3 rings (SSSR count). The Hall–Kier alpha value is -2.06. The highest BCUT2D eigenvalue weighted by molar-refractivity contribution is 6.30. The average molecular weight is 255 g/mol. The van der Waals surface area contributed by atoms with Crippen LogP contribution in [0.25, 0.3) is 10.9 Å². The summed E-state index contributed by atoms with van der Waals surface area (Å²) < 4.78 is 0. The zero-order valence-corrected chi connectivity index (χ0v) is 10.4. The minimum Gasteiger partial charge on any atom is -0.361 e. The predicted molar refractivity (Wildman–Crippen MR) is 77.0 cm³/mol. The smallest absolute Gasteiger partial charge is 0.0630 e. The molecule has 1 aromatic heterocycles. The number of benzene rings is 2. The third-order valence-electron chi connectivity index (χ3n) is 2.80. The summed E-state index contributed by atoms with van der Waals surface area (Å²) in [6.07, 6.45) is 3.80. The molecule has 0 atom stereocenters. The lowest BCUT2D eigenvalue weighted by molar-refractivity contribution is 1.46. The standard InChI is InChI=1S/C15H11ClN2/c16-13-4-6-14(7-5-13)18-10-12-3-1-2-11-8-9-17-15(11)12/h1-10,17H.